The molecule has 0 radical (unpaired) electrons. The molecule has 214 valence electrons. The van der Waals surface area contributed by atoms with Crippen molar-refractivity contribution in [2.24, 2.45) is 0 Å². The number of amides is 1. The van der Waals surface area contributed by atoms with Crippen LogP contribution in [-0.2, 0) is 19.6 Å². The van der Waals surface area contributed by atoms with Gasteiger partial charge in [-0.05, 0) is 68.8 Å². The quantitative estimate of drug-likeness (QED) is 0.461. The Morgan fingerprint density at radius 3 is 2.40 bits per heavy atom. The third-order valence-electron chi connectivity index (χ3n) is 5.80. The normalized spacial score (nSPS) is 14.8. The van der Waals surface area contributed by atoms with E-state index in [-0.39, 0.29) is 17.9 Å². The zero-order valence-corrected chi connectivity index (χ0v) is 23.4. The second kappa shape index (κ2) is 12.8. The largest absolute Gasteiger partial charge is 0.490 e. The first-order chi connectivity index (χ1) is 18.8. The van der Waals surface area contributed by atoms with E-state index in [9.17, 15) is 22.4 Å². The molecule has 40 heavy (non-hydrogen) atoms. The number of anilines is 1. The van der Waals surface area contributed by atoms with Gasteiger partial charge in [-0.3, -0.25) is 9.10 Å². The molecule has 0 atom stereocenters. The van der Waals surface area contributed by atoms with Crippen LogP contribution in [-0.4, -0.2) is 67.6 Å². The Kier molecular flexibility index (Phi) is 9.76. The Balaban J connectivity index is 1.71. The van der Waals surface area contributed by atoms with Crippen LogP contribution in [0.5, 0.6) is 5.75 Å². The maximum Gasteiger partial charge on any atom is 0.410 e. The van der Waals surface area contributed by atoms with Crippen molar-refractivity contribution in [2.75, 3.05) is 29.7 Å². The lowest BCUT2D eigenvalue weighted by Crippen LogP contribution is -2.44. The molecule has 1 fully saturated rings. The van der Waals surface area contributed by atoms with Crippen molar-refractivity contribution in [3.8, 4) is 11.8 Å². The van der Waals surface area contributed by atoms with Crippen LogP contribution in [0.2, 0.25) is 0 Å². The Bertz CT molecular complexity index is 1390. The predicted octanol–water partition coefficient (Wildman–Crippen LogP) is 4.57. The van der Waals surface area contributed by atoms with E-state index in [2.05, 4.69) is 0 Å². The third-order valence-corrected chi connectivity index (χ3v) is 7.42. The van der Waals surface area contributed by atoms with Crippen molar-refractivity contribution in [2.45, 2.75) is 45.3 Å². The summed E-state index contributed by atoms with van der Waals surface area (Å²) in [6.45, 7) is 5.59. The van der Waals surface area contributed by atoms with Crippen molar-refractivity contribution in [1.29, 1.82) is 5.26 Å². The Morgan fingerprint density at radius 2 is 1.82 bits per heavy atom. The minimum Gasteiger partial charge on any atom is -0.490 e. The van der Waals surface area contributed by atoms with Gasteiger partial charge in [-0.1, -0.05) is 12.1 Å². The number of rotatable bonds is 9. The summed E-state index contributed by atoms with van der Waals surface area (Å²) in [7, 11) is -4.43. The zero-order chi connectivity index (χ0) is 29.5. The van der Waals surface area contributed by atoms with Gasteiger partial charge >= 0.3 is 12.1 Å². The van der Waals surface area contributed by atoms with Crippen LogP contribution in [0.25, 0.3) is 6.08 Å². The van der Waals surface area contributed by atoms with E-state index in [0.29, 0.717) is 47.1 Å². The fourth-order valence-electron chi connectivity index (χ4n) is 4.01. The number of carboxylic acids is 1. The van der Waals surface area contributed by atoms with Gasteiger partial charge in [-0.2, -0.15) is 5.26 Å². The molecule has 3 rings (SSSR count). The van der Waals surface area contributed by atoms with Gasteiger partial charge in [0.25, 0.3) is 0 Å². The van der Waals surface area contributed by atoms with Gasteiger partial charge in [0.05, 0.1) is 23.9 Å². The van der Waals surface area contributed by atoms with Crippen molar-refractivity contribution in [3.05, 3.63) is 65.5 Å². The highest BCUT2D eigenvalue weighted by atomic mass is 32.2. The summed E-state index contributed by atoms with van der Waals surface area (Å²) in [6, 6.07) is 13.9. The van der Waals surface area contributed by atoms with Crippen LogP contribution in [0.3, 0.4) is 0 Å². The maximum atomic E-state index is 15.0. The highest BCUT2D eigenvalue weighted by molar-refractivity contribution is 7.93. The van der Waals surface area contributed by atoms with Crippen LogP contribution in [0.15, 0.2) is 54.4 Å². The lowest BCUT2D eigenvalue weighted by Gasteiger charge is -2.33. The van der Waals surface area contributed by atoms with Crippen LogP contribution < -0.4 is 9.04 Å². The van der Waals surface area contributed by atoms with Gasteiger partial charge < -0.3 is 19.5 Å². The molecule has 10 nitrogen and oxygen atoms in total. The number of piperidine rings is 1. The smallest absolute Gasteiger partial charge is 0.410 e. The standard InChI is InChI=1S/C28H32FN3O7S/c1-28(2,3)39-27(35)31-13-11-25(12-14-31)38-24-9-7-23(8-10-24)32(40(36,37)19-26(33)34)18-22(29)16-20-5-4-6-21(15-20)17-30/h4-10,15-16,25H,11-14,18-19H2,1-3H3,(H,33,34). The highest BCUT2D eigenvalue weighted by Crippen LogP contribution is 2.27. The molecule has 1 heterocycles. The number of halogens is 1. The molecule has 2 aromatic carbocycles. The molecule has 0 aliphatic carbocycles. The molecular formula is C28H32FN3O7S. The topological polar surface area (TPSA) is 137 Å². The minimum atomic E-state index is -4.43. The molecule has 1 saturated heterocycles. The SMILES string of the molecule is CC(C)(C)OC(=O)N1CCC(Oc2ccc(N(CC(F)=Cc3cccc(C#N)c3)S(=O)(=O)CC(=O)O)cc2)CC1. The minimum absolute atomic E-state index is 0.0580. The van der Waals surface area contributed by atoms with Crippen LogP contribution >= 0.6 is 0 Å². The average Bonchev–Trinajstić information content (AvgIpc) is 2.86. The molecular weight excluding hydrogens is 541 g/mol. The molecule has 1 aliphatic heterocycles. The predicted molar refractivity (Wildman–Crippen MR) is 147 cm³/mol. The number of sulfonamides is 1. The molecule has 12 heteroatoms. The lowest BCUT2D eigenvalue weighted by atomic mass is 10.1. The molecule has 1 N–H and O–H groups in total. The number of aliphatic carboxylic acids is 1. The number of carboxylic acid groups (broad SMARTS) is 1. The number of carbonyl (C=O) groups excluding carboxylic acids is 1. The van der Waals surface area contributed by atoms with E-state index in [0.717, 1.165) is 6.08 Å². The molecule has 1 amide bonds. The van der Waals surface area contributed by atoms with E-state index in [1.807, 2.05) is 6.07 Å². The van der Waals surface area contributed by atoms with Crippen molar-refractivity contribution in [1.82, 2.24) is 4.90 Å². The number of carbonyl (C=O) groups is 2. The molecule has 0 saturated carbocycles. The summed E-state index contributed by atoms with van der Waals surface area (Å²) in [5.41, 5.74) is 0.137. The monoisotopic (exact) mass is 573 g/mol. The fraction of sp³-hybridized carbons (Fsp3) is 0.393. The fourth-order valence-corrected chi connectivity index (χ4v) is 5.24. The Morgan fingerprint density at radius 1 is 1.18 bits per heavy atom. The van der Waals surface area contributed by atoms with Crippen LogP contribution in [0.1, 0.15) is 44.7 Å². The number of nitriles is 1. The Labute approximate surface area is 233 Å². The number of ether oxygens (including phenoxy) is 2. The summed E-state index contributed by atoms with van der Waals surface area (Å²) in [5, 5.41) is 18.1. The number of hydrogen-bond acceptors (Lipinski definition) is 7. The number of likely N-dealkylation sites (tertiary alicyclic amines) is 1. The number of benzene rings is 2. The summed E-state index contributed by atoms with van der Waals surface area (Å²) >= 11 is 0. The van der Waals surface area contributed by atoms with E-state index in [1.54, 1.807) is 43.9 Å². The summed E-state index contributed by atoms with van der Waals surface area (Å²) in [4.78, 5) is 25.1. The molecule has 0 spiro atoms. The molecule has 0 unspecified atom stereocenters. The van der Waals surface area contributed by atoms with E-state index in [4.69, 9.17) is 19.8 Å². The molecule has 0 aromatic heterocycles. The van der Waals surface area contributed by atoms with Gasteiger partial charge in [0, 0.05) is 25.9 Å². The van der Waals surface area contributed by atoms with Crippen molar-refractivity contribution in [3.63, 3.8) is 0 Å². The zero-order valence-electron chi connectivity index (χ0n) is 22.5. The van der Waals surface area contributed by atoms with Crippen LogP contribution in [0, 0.1) is 11.3 Å². The van der Waals surface area contributed by atoms with E-state index in [1.165, 1.54) is 30.3 Å². The molecule has 1 aliphatic rings. The van der Waals surface area contributed by atoms with Crippen molar-refractivity contribution >= 4 is 33.8 Å². The maximum absolute atomic E-state index is 15.0. The first-order valence-electron chi connectivity index (χ1n) is 12.6. The Hall–Kier alpha value is -4.11. The van der Waals surface area contributed by atoms with Gasteiger partial charge in [0.15, 0.2) is 5.75 Å². The second-order valence-corrected chi connectivity index (χ2v) is 12.2. The average molecular weight is 574 g/mol. The number of hydrogen-bond donors (Lipinski definition) is 1. The molecule has 0 bridgehead atoms. The summed E-state index contributed by atoms with van der Waals surface area (Å²) < 4.78 is 52.7. The van der Waals surface area contributed by atoms with Gasteiger partial charge in [0.2, 0.25) is 10.0 Å². The van der Waals surface area contributed by atoms with Gasteiger partial charge in [-0.15, -0.1) is 0 Å². The summed E-state index contributed by atoms with van der Waals surface area (Å²) in [5.74, 6) is -3.20. The number of nitrogens with zero attached hydrogens (tertiary/aromatic N) is 3. The van der Waals surface area contributed by atoms with E-state index >= 15 is 0 Å². The first kappa shape index (κ1) is 30.4. The first-order valence-corrected chi connectivity index (χ1v) is 14.2. The van der Waals surface area contributed by atoms with E-state index < -0.39 is 39.7 Å². The van der Waals surface area contributed by atoms with Crippen molar-refractivity contribution < 1.29 is 37.0 Å². The molecule has 2 aromatic rings. The van der Waals surface area contributed by atoms with Gasteiger partial charge in [-0.25, -0.2) is 17.6 Å². The summed E-state index contributed by atoms with van der Waals surface area (Å²) in [6.07, 6.45) is 1.68. The lowest BCUT2D eigenvalue weighted by molar-refractivity contribution is -0.134. The highest BCUT2D eigenvalue weighted by Gasteiger charge is 2.29. The van der Waals surface area contributed by atoms with Gasteiger partial charge in [0.1, 0.15) is 23.3 Å². The van der Waals surface area contributed by atoms with Crippen LogP contribution in [0.4, 0.5) is 14.9 Å². The second-order valence-electron chi connectivity index (χ2n) is 10.3. The third kappa shape index (κ3) is 8.98.